The Morgan fingerprint density at radius 1 is 1.40 bits per heavy atom. The van der Waals surface area contributed by atoms with E-state index in [1.807, 2.05) is 9.30 Å². The molecule has 6 heteroatoms. The fourth-order valence-electron chi connectivity index (χ4n) is 2.82. The highest BCUT2D eigenvalue weighted by molar-refractivity contribution is 6.30. The van der Waals surface area contributed by atoms with Crippen LogP contribution in [-0.4, -0.2) is 31.7 Å². The van der Waals surface area contributed by atoms with Crippen molar-refractivity contribution >= 4 is 23.3 Å². The molecule has 1 atom stereocenters. The van der Waals surface area contributed by atoms with Crippen LogP contribution in [0, 0.1) is 5.92 Å². The van der Waals surface area contributed by atoms with Crippen LogP contribution in [0.3, 0.4) is 0 Å². The fraction of sp³-hybridized carbons (Fsp3) is 0.500. The van der Waals surface area contributed by atoms with E-state index in [0.717, 1.165) is 25.1 Å². The Bertz CT molecular complexity index is 639. The van der Waals surface area contributed by atoms with Crippen molar-refractivity contribution in [3.63, 3.8) is 0 Å². The number of likely N-dealkylation sites (tertiary alicyclic amines) is 1. The normalized spacial score (nSPS) is 19.2. The first kappa shape index (κ1) is 13.4. The van der Waals surface area contributed by atoms with E-state index in [9.17, 15) is 4.79 Å². The fourth-order valence-corrected chi connectivity index (χ4v) is 2.96. The summed E-state index contributed by atoms with van der Waals surface area (Å²) >= 11 is 5.97. The van der Waals surface area contributed by atoms with Crippen LogP contribution in [0.4, 0.5) is 0 Å². The highest BCUT2D eigenvalue weighted by atomic mass is 35.5. The molecule has 0 spiro atoms. The average Bonchev–Trinajstić information content (AvgIpc) is 2.95. The molecule has 0 aromatic carbocycles. The van der Waals surface area contributed by atoms with Gasteiger partial charge in [-0.3, -0.25) is 9.20 Å². The summed E-state index contributed by atoms with van der Waals surface area (Å²) in [5.41, 5.74) is 0.945. The van der Waals surface area contributed by atoms with Crippen molar-refractivity contribution in [2.24, 2.45) is 5.92 Å². The topological polar surface area (TPSA) is 50.5 Å². The first-order valence-electron chi connectivity index (χ1n) is 6.92. The molecule has 0 N–H and O–H groups in total. The predicted octanol–water partition coefficient (Wildman–Crippen LogP) is 2.53. The molecule has 1 aliphatic rings. The number of rotatable bonds is 4. The van der Waals surface area contributed by atoms with Gasteiger partial charge in [-0.2, -0.15) is 0 Å². The molecule has 1 amide bonds. The van der Waals surface area contributed by atoms with E-state index in [-0.39, 0.29) is 5.91 Å². The molecule has 0 bridgehead atoms. The van der Waals surface area contributed by atoms with Crippen LogP contribution in [0.25, 0.3) is 5.78 Å². The third kappa shape index (κ3) is 2.50. The first-order valence-corrected chi connectivity index (χ1v) is 7.30. The molecule has 1 fully saturated rings. The summed E-state index contributed by atoms with van der Waals surface area (Å²) < 4.78 is 1.85. The Hall–Kier alpha value is -1.62. The highest BCUT2D eigenvalue weighted by Gasteiger charge is 2.29. The Balaban J connectivity index is 1.80. The van der Waals surface area contributed by atoms with E-state index in [2.05, 4.69) is 16.9 Å². The van der Waals surface area contributed by atoms with Gasteiger partial charge in [-0.1, -0.05) is 24.9 Å². The number of carbonyl (C=O) groups excluding carboxylic acids is 1. The second-order valence-electron chi connectivity index (χ2n) is 5.32. The van der Waals surface area contributed by atoms with E-state index < -0.39 is 0 Å². The van der Waals surface area contributed by atoms with E-state index in [1.54, 1.807) is 18.6 Å². The SMILES string of the molecule is CCCC1CC(=O)N(Cc2cnc3ncc(Cl)cn23)C1. The number of hydrogen-bond acceptors (Lipinski definition) is 3. The molecule has 2 aromatic heterocycles. The molecule has 0 aliphatic carbocycles. The van der Waals surface area contributed by atoms with E-state index in [1.165, 1.54) is 0 Å². The van der Waals surface area contributed by atoms with Crippen LogP contribution in [0.15, 0.2) is 18.6 Å². The van der Waals surface area contributed by atoms with Gasteiger partial charge in [-0.25, -0.2) is 9.97 Å². The van der Waals surface area contributed by atoms with Crippen molar-refractivity contribution in [3.8, 4) is 0 Å². The van der Waals surface area contributed by atoms with Gasteiger partial charge in [0.15, 0.2) is 0 Å². The number of fused-ring (bicyclic) bond motifs is 1. The number of hydrogen-bond donors (Lipinski definition) is 0. The standard InChI is InChI=1S/C14H17ClN4O/c1-2-3-10-4-13(20)18(7-10)9-12-6-17-14-16-5-11(15)8-19(12)14/h5-6,8,10H,2-4,7,9H2,1H3. The van der Waals surface area contributed by atoms with Gasteiger partial charge in [0.05, 0.1) is 29.7 Å². The van der Waals surface area contributed by atoms with Crippen LogP contribution >= 0.6 is 11.6 Å². The van der Waals surface area contributed by atoms with Gasteiger partial charge in [-0.15, -0.1) is 0 Å². The number of halogens is 1. The highest BCUT2D eigenvalue weighted by Crippen LogP contribution is 2.24. The molecule has 3 rings (SSSR count). The summed E-state index contributed by atoms with van der Waals surface area (Å²) in [7, 11) is 0. The van der Waals surface area contributed by atoms with E-state index in [0.29, 0.717) is 29.7 Å². The smallest absolute Gasteiger partial charge is 0.234 e. The third-order valence-electron chi connectivity index (χ3n) is 3.75. The molecule has 5 nitrogen and oxygen atoms in total. The van der Waals surface area contributed by atoms with Crippen LogP contribution in [0.2, 0.25) is 5.02 Å². The van der Waals surface area contributed by atoms with Gasteiger partial charge in [0, 0.05) is 19.2 Å². The molecule has 1 aliphatic heterocycles. The number of nitrogens with zero attached hydrogens (tertiary/aromatic N) is 4. The van der Waals surface area contributed by atoms with Crippen molar-refractivity contribution in [3.05, 3.63) is 29.3 Å². The van der Waals surface area contributed by atoms with Crippen molar-refractivity contribution in [1.82, 2.24) is 19.3 Å². The molecular weight excluding hydrogens is 276 g/mol. The first-order chi connectivity index (χ1) is 9.67. The van der Waals surface area contributed by atoms with Crippen LogP contribution in [0.5, 0.6) is 0 Å². The minimum atomic E-state index is 0.230. The van der Waals surface area contributed by atoms with E-state index in [4.69, 9.17) is 11.6 Å². The van der Waals surface area contributed by atoms with Crippen molar-refractivity contribution in [1.29, 1.82) is 0 Å². The van der Waals surface area contributed by atoms with Crippen LogP contribution in [0.1, 0.15) is 31.9 Å². The number of carbonyl (C=O) groups is 1. The van der Waals surface area contributed by atoms with Gasteiger partial charge >= 0.3 is 0 Å². The van der Waals surface area contributed by atoms with Gasteiger partial charge in [0.2, 0.25) is 11.7 Å². The molecule has 0 radical (unpaired) electrons. The second-order valence-corrected chi connectivity index (χ2v) is 5.76. The van der Waals surface area contributed by atoms with Gasteiger partial charge in [0.25, 0.3) is 0 Å². The lowest BCUT2D eigenvalue weighted by Crippen LogP contribution is -2.25. The summed E-state index contributed by atoms with van der Waals surface area (Å²) in [5, 5.41) is 0.563. The molecule has 3 heterocycles. The maximum atomic E-state index is 12.0. The van der Waals surface area contributed by atoms with Gasteiger partial charge < -0.3 is 4.90 Å². The number of aromatic nitrogens is 3. The Morgan fingerprint density at radius 2 is 2.20 bits per heavy atom. The maximum Gasteiger partial charge on any atom is 0.234 e. The quantitative estimate of drug-likeness (QED) is 0.870. The zero-order chi connectivity index (χ0) is 14.1. The monoisotopic (exact) mass is 292 g/mol. The lowest BCUT2D eigenvalue weighted by Gasteiger charge is -2.16. The van der Waals surface area contributed by atoms with Crippen LogP contribution in [-0.2, 0) is 11.3 Å². The third-order valence-corrected chi connectivity index (χ3v) is 3.95. The summed E-state index contributed by atoms with van der Waals surface area (Å²) in [6, 6.07) is 0. The molecule has 1 saturated heterocycles. The summed E-state index contributed by atoms with van der Waals surface area (Å²) in [5.74, 6) is 1.34. The van der Waals surface area contributed by atoms with Gasteiger partial charge in [-0.05, 0) is 12.3 Å². The summed E-state index contributed by atoms with van der Waals surface area (Å²) in [6.45, 7) is 3.57. The summed E-state index contributed by atoms with van der Waals surface area (Å²) in [4.78, 5) is 22.3. The minimum absolute atomic E-state index is 0.230. The molecule has 106 valence electrons. The maximum absolute atomic E-state index is 12.0. The molecular formula is C14H17ClN4O. The molecule has 20 heavy (non-hydrogen) atoms. The average molecular weight is 293 g/mol. The van der Waals surface area contributed by atoms with Crippen molar-refractivity contribution in [2.45, 2.75) is 32.7 Å². The molecule has 1 unspecified atom stereocenters. The zero-order valence-electron chi connectivity index (χ0n) is 11.4. The van der Waals surface area contributed by atoms with Crippen molar-refractivity contribution in [2.75, 3.05) is 6.54 Å². The number of imidazole rings is 1. The molecule has 2 aromatic rings. The lowest BCUT2D eigenvalue weighted by molar-refractivity contribution is -0.128. The van der Waals surface area contributed by atoms with Gasteiger partial charge in [0.1, 0.15) is 0 Å². The van der Waals surface area contributed by atoms with Crippen LogP contribution < -0.4 is 0 Å². The van der Waals surface area contributed by atoms with E-state index >= 15 is 0 Å². The lowest BCUT2D eigenvalue weighted by atomic mass is 10.0. The minimum Gasteiger partial charge on any atom is -0.337 e. The predicted molar refractivity (Wildman–Crippen MR) is 76.4 cm³/mol. The zero-order valence-corrected chi connectivity index (χ0v) is 12.2. The second kappa shape index (κ2) is 5.40. The van der Waals surface area contributed by atoms with Crippen molar-refractivity contribution < 1.29 is 4.79 Å². The molecule has 0 saturated carbocycles. The Morgan fingerprint density at radius 3 is 3.00 bits per heavy atom. The number of amides is 1. The Labute approximate surface area is 122 Å². The Kier molecular flexibility index (Phi) is 3.61. The largest absolute Gasteiger partial charge is 0.337 e. The summed E-state index contributed by atoms with van der Waals surface area (Å²) in [6.07, 6.45) is 8.04.